The van der Waals surface area contributed by atoms with Gasteiger partial charge in [0.15, 0.2) is 0 Å². The van der Waals surface area contributed by atoms with Gasteiger partial charge in [0.1, 0.15) is 5.75 Å². The fourth-order valence-corrected chi connectivity index (χ4v) is 2.31. The topological polar surface area (TPSA) is 53.3 Å². The summed E-state index contributed by atoms with van der Waals surface area (Å²) in [5.74, 6) is 0.746. The number of likely N-dealkylation sites (tertiary alicyclic amines) is 1. The maximum Gasteiger partial charge on any atom is 0.253 e. The van der Waals surface area contributed by atoms with Gasteiger partial charge in [0.2, 0.25) is 0 Å². The lowest BCUT2D eigenvalue weighted by molar-refractivity contribution is 0.0699. The van der Waals surface area contributed by atoms with Crippen molar-refractivity contribution in [2.75, 3.05) is 19.7 Å². The van der Waals surface area contributed by atoms with Crippen LogP contribution in [-0.4, -0.2) is 30.5 Å². The van der Waals surface area contributed by atoms with E-state index in [9.17, 15) is 4.79 Å². The van der Waals surface area contributed by atoms with Gasteiger partial charge in [-0.2, -0.15) is 5.26 Å². The number of carbonyl (C=O) groups is 1. The molecule has 19 heavy (non-hydrogen) atoms. The Kier molecular flexibility index (Phi) is 4.40. The van der Waals surface area contributed by atoms with E-state index in [0.717, 1.165) is 25.1 Å². The van der Waals surface area contributed by atoms with Crippen molar-refractivity contribution in [3.05, 3.63) is 29.8 Å². The third kappa shape index (κ3) is 3.25. The van der Waals surface area contributed by atoms with E-state index in [1.807, 2.05) is 19.1 Å². The Morgan fingerprint density at radius 1 is 1.47 bits per heavy atom. The minimum Gasteiger partial charge on any atom is -0.494 e. The van der Waals surface area contributed by atoms with Gasteiger partial charge in [0.05, 0.1) is 18.6 Å². The number of nitrogens with zero attached hydrogens (tertiary/aromatic N) is 2. The third-order valence-electron chi connectivity index (χ3n) is 3.30. The van der Waals surface area contributed by atoms with E-state index in [0.29, 0.717) is 18.7 Å². The summed E-state index contributed by atoms with van der Waals surface area (Å²) in [6.45, 7) is 3.82. The van der Waals surface area contributed by atoms with Gasteiger partial charge < -0.3 is 9.64 Å². The van der Waals surface area contributed by atoms with Crippen LogP contribution < -0.4 is 4.74 Å². The van der Waals surface area contributed by atoms with Crippen LogP contribution in [0.1, 0.15) is 30.1 Å². The van der Waals surface area contributed by atoms with Crippen molar-refractivity contribution >= 4 is 5.91 Å². The summed E-state index contributed by atoms with van der Waals surface area (Å²) in [5, 5.41) is 8.95. The summed E-state index contributed by atoms with van der Waals surface area (Å²) < 4.78 is 5.35. The van der Waals surface area contributed by atoms with Gasteiger partial charge in [-0.1, -0.05) is 0 Å². The first-order chi connectivity index (χ1) is 9.24. The van der Waals surface area contributed by atoms with Crippen molar-refractivity contribution < 1.29 is 9.53 Å². The molecule has 0 bridgehead atoms. The Morgan fingerprint density at radius 2 is 2.21 bits per heavy atom. The molecule has 1 amide bonds. The minimum absolute atomic E-state index is 0.00278. The molecule has 4 nitrogen and oxygen atoms in total. The summed E-state index contributed by atoms with van der Waals surface area (Å²) in [6.07, 6.45) is 1.80. The minimum atomic E-state index is -0.0274. The average molecular weight is 258 g/mol. The normalized spacial score (nSPS) is 18.7. The molecule has 1 aliphatic rings. The molecule has 0 radical (unpaired) electrons. The molecule has 0 aliphatic carbocycles. The molecule has 0 saturated carbocycles. The van der Waals surface area contributed by atoms with E-state index in [2.05, 4.69) is 6.07 Å². The van der Waals surface area contributed by atoms with E-state index in [1.165, 1.54) is 0 Å². The molecule has 1 heterocycles. The second-order valence-corrected chi connectivity index (χ2v) is 4.68. The molecule has 1 aromatic rings. The van der Waals surface area contributed by atoms with Crippen LogP contribution in [0.4, 0.5) is 0 Å². The van der Waals surface area contributed by atoms with Crippen LogP contribution in [-0.2, 0) is 0 Å². The molecular weight excluding hydrogens is 240 g/mol. The lowest BCUT2D eigenvalue weighted by Gasteiger charge is -2.29. The predicted molar refractivity (Wildman–Crippen MR) is 71.9 cm³/mol. The highest BCUT2D eigenvalue weighted by Gasteiger charge is 2.24. The van der Waals surface area contributed by atoms with Gasteiger partial charge >= 0.3 is 0 Å². The summed E-state index contributed by atoms with van der Waals surface area (Å²) >= 11 is 0. The molecule has 1 fully saturated rings. The Morgan fingerprint density at radius 3 is 2.84 bits per heavy atom. The fraction of sp³-hybridized carbons (Fsp3) is 0.467. The average Bonchev–Trinajstić information content (AvgIpc) is 2.48. The van der Waals surface area contributed by atoms with Gasteiger partial charge in [0, 0.05) is 18.7 Å². The van der Waals surface area contributed by atoms with Gasteiger partial charge in [0.25, 0.3) is 5.91 Å². The third-order valence-corrected chi connectivity index (χ3v) is 3.30. The van der Waals surface area contributed by atoms with Gasteiger partial charge in [-0.05, 0) is 44.0 Å². The zero-order chi connectivity index (χ0) is 13.7. The summed E-state index contributed by atoms with van der Waals surface area (Å²) in [4.78, 5) is 14.1. The van der Waals surface area contributed by atoms with E-state index in [4.69, 9.17) is 10.00 Å². The second-order valence-electron chi connectivity index (χ2n) is 4.68. The van der Waals surface area contributed by atoms with Crippen molar-refractivity contribution in [2.24, 2.45) is 5.92 Å². The van der Waals surface area contributed by atoms with Crippen molar-refractivity contribution in [1.29, 1.82) is 5.26 Å². The number of nitriles is 1. The zero-order valence-corrected chi connectivity index (χ0v) is 11.1. The smallest absolute Gasteiger partial charge is 0.253 e. The molecule has 1 unspecified atom stereocenters. The van der Waals surface area contributed by atoms with Crippen molar-refractivity contribution in [2.45, 2.75) is 19.8 Å². The molecule has 1 aliphatic heterocycles. The maximum absolute atomic E-state index is 12.3. The Hall–Kier alpha value is -2.02. The van der Waals surface area contributed by atoms with Crippen LogP contribution in [0.2, 0.25) is 0 Å². The lowest BCUT2D eigenvalue weighted by Crippen LogP contribution is -2.39. The zero-order valence-electron chi connectivity index (χ0n) is 11.1. The van der Waals surface area contributed by atoms with Gasteiger partial charge in [-0.25, -0.2) is 0 Å². The molecule has 1 saturated heterocycles. The summed E-state index contributed by atoms with van der Waals surface area (Å²) in [6, 6.07) is 9.43. The number of benzene rings is 1. The van der Waals surface area contributed by atoms with Crippen LogP contribution in [0.15, 0.2) is 24.3 Å². The van der Waals surface area contributed by atoms with Crippen molar-refractivity contribution in [3.63, 3.8) is 0 Å². The largest absolute Gasteiger partial charge is 0.494 e. The SMILES string of the molecule is CCOc1ccc(C(=O)N2CCCC(C#N)C2)cc1. The molecule has 0 spiro atoms. The summed E-state index contributed by atoms with van der Waals surface area (Å²) in [5.41, 5.74) is 0.655. The molecule has 1 aromatic carbocycles. The van der Waals surface area contributed by atoms with Crippen LogP contribution >= 0.6 is 0 Å². The Bertz CT molecular complexity index is 476. The number of carbonyl (C=O) groups excluding carboxylic acids is 1. The lowest BCUT2D eigenvalue weighted by atomic mass is 9.99. The quantitative estimate of drug-likeness (QED) is 0.836. The number of piperidine rings is 1. The molecular formula is C15H18N2O2. The number of amides is 1. The highest BCUT2D eigenvalue weighted by atomic mass is 16.5. The standard InChI is InChI=1S/C15H18N2O2/c1-2-19-14-7-5-13(6-8-14)15(18)17-9-3-4-12(10-16)11-17/h5-8,12H,2-4,9,11H2,1H3. The van der Waals surface area contributed by atoms with E-state index < -0.39 is 0 Å². The molecule has 4 heteroatoms. The van der Waals surface area contributed by atoms with Gasteiger partial charge in [-0.15, -0.1) is 0 Å². The number of hydrogen-bond donors (Lipinski definition) is 0. The van der Waals surface area contributed by atoms with E-state index in [1.54, 1.807) is 17.0 Å². The first kappa shape index (κ1) is 13.4. The van der Waals surface area contributed by atoms with E-state index >= 15 is 0 Å². The number of rotatable bonds is 3. The van der Waals surface area contributed by atoms with E-state index in [-0.39, 0.29) is 11.8 Å². The molecule has 0 aromatic heterocycles. The summed E-state index contributed by atoms with van der Waals surface area (Å²) in [7, 11) is 0. The van der Waals surface area contributed by atoms with Crippen molar-refractivity contribution in [1.82, 2.24) is 4.90 Å². The highest BCUT2D eigenvalue weighted by Crippen LogP contribution is 2.19. The Balaban J connectivity index is 2.04. The monoisotopic (exact) mass is 258 g/mol. The number of hydrogen-bond acceptors (Lipinski definition) is 3. The van der Waals surface area contributed by atoms with Crippen molar-refractivity contribution in [3.8, 4) is 11.8 Å². The van der Waals surface area contributed by atoms with Crippen LogP contribution in [0.5, 0.6) is 5.75 Å². The number of ether oxygens (including phenoxy) is 1. The van der Waals surface area contributed by atoms with Crippen LogP contribution in [0, 0.1) is 17.2 Å². The fourth-order valence-electron chi connectivity index (χ4n) is 2.31. The molecule has 1 atom stereocenters. The highest BCUT2D eigenvalue weighted by molar-refractivity contribution is 5.94. The first-order valence-corrected chi connectivity index (χ1v) is 6.66. The van der Waals surface area contributed by atoms with Crippen LogP contribution in [0.25, 0.3) is 0 Å². The molecule has 0 N–H and O–H groups in total. The van der Waals surface area contributed by atoms with Gasteiger partial charge in [-0.3, -0.25) is 4.79 Å². The molecule has 2 rings (SSSR count). The molecule has 100 valence electrons. The second kappa shape index (κ2) is 6.24. The Labute approximate surface area is 113 Å². The predicted octanol–water partition coefficient (Wildman–Crippen LogP) is 2.46. The first-order valence-electron chi connectivity index (χ1n) is 6.66. The van der Waals surface area contributed by atoms with Crippen LogP contribution in [0.3, 0.4) is 0 Å². The maximum atomic E-state index is 12.3.